The molecular weight excluding hydrogens is 550 g/mol. The van der Waals surface area contributed by atoms with E-state index in [0.717, 1.165) is 6.07 Å². The molecule has 0 amide bonds. The van der Waals surface area contributed by atoms with Crippen LogP contribution < -0.4 is 9.44 Å². The Kier molecular flexibility index (Phi) is 7.22. The summed E-state index contributed by atoms with van der Waals surface area (Å²) in [7, 11) is -8.06. The summed E-state index contributed by atoms with van der Waals surface area (Å²) in [6, 6.07) is 11.6. The first kappa shape index (κ1) is 24.3. The highest BCUT2D eigenvalue weighted by Gasteiger charge is 2.21. The van der Waals surface area contributed by atoms with E-state index in [2.05, 4.69) is 9.44 Å². The fraction of sp³-hybridized carbons (Fsp3) is 0. The van der Waals surface area contributed by atoms with Gasteiger partial charge in [-0.25, -0.2) is 16.8 Å². The Labute approximate surface area is 204 Å². The van der Waals surface area contributed by atoms with Gasteiger partial charge < -0.3 is 0 Å². The molecule has 0 spiro atoms. The molecule has 164 valence electrons. The Morgan fingerprint density at radius 2 is 1.03 bits per heavy atom. The molecule has 13 heteroatoms. The third kappa shape index (κ3) is 5.70. The summed E-state index contributed by atoms with van der Waals surface area (Å²) in [4.78, 5) is -0.379. The van der Waals surface area contributed by atoms with Gasteiger partial charge in [0.15, 0.2) is 0 Å². The molecule has 0 saturated carbocycles. The minimum absolute atomic E-state index is 0.0151. The standard InChI is InChI=1S/C18H11Cl5N2O4S2/c19-13-6-3-11(7-14(13)20)25-30(26,27)12-4-1-10(2-5-12)24-31(28,29)18-9-16(22)15(21)8-17(18)23/h1-9,24-25H. The largest absolute Gasteiger partial charge is 0.280 e. The van der Waals surface area contributed by atoms with Gasteiger partial charge in [0.1, 0.15) is 4.90 Å². The summed E-state index contributed by atoms with van der Waals surface area (Å²) < 4.78 is 55.0. The maximum absolute atomic E-state index is 12.6. The van der Waals surface area contributed by atoms with Crippen LogP contribution >= 0.6 is 58.0 Å². The summed E-state index contributed by atoms with van der Waals surface area (Å²) in [6.07, 6.45) is 0. The Morgan fingerprint density at radius 1 is 0.516 bits per heavy atom. The van der Waals surface area contributed by atoms with Crippen LogP contribution in [0.3, 0.4) is 0 Å². The number of hydrogen-bond acceptors (Lipinski definition) is 4. The smallest absolute Gasteiger partial charge is 0.263 e. The van der Waals surface area contributed by atoms with Crippen LogP contribution in [0.1, 0.15) is 0 Å². The summed E-state index contributed by atoms with van der Waals surface area (Å²) in [5, 5.41) is 0.471. The van der Waals surface area contributed by atoms with E-state index in [1.807, 2.05) is 0 Å². The Morgan fingerprint density at radius 3 is 1.65 bits per heavy atom. The van der Waals surface area contributed by atoms with Crippen molar-refractivity contribution in [3.63, 3.8) is 0 Å². The predicted octanol–water partition coefficient (Wildman–Crippen LogP) is 6.56. The van der Waals surface area contributed by atoms with Crippen molar-refractivity contribution < 1.29 is 16.8 Å². The summed E-state index contributed by atoms with van der Waals surface area (Å²) in [5.41, 5.74) is 0.323. The van der Waals surface area contributed by atoms with E-state index >= 15 is 0 Å². The summed E-state index contributed by atoms with van der Waals surface area (Å²) in [6.45, 7) is 0. The van der Waals surface area contributed by atoms with Crippen molar-refractivity contribution in [1.82, 2.24) is 0 Å². The normalized spacial score (nSPS) is 11.9. The predicted molar refractivity (Wildman–Crippen MR) is 126 cm³/mol. The van der Waals surface area contributed by atoms with Gasteiger partial charge in [0, 0.05) is 5.69 Å². The first-order chi connectivity index (χ1) is 14.4. The molecule has 0 saturated heterocycles. The molecule has 0 heterocycles. The lowest BCUT2D eigenvalue weighted by atomic mass is 10.3. The van der Waals surface area contributed by atoms with E-state index in [1.165, 1.54) is 48.5 Å². The van der Waals surface area contributed by atoms with Crippen molar-refractivity contribution in [2.75, 3.05) is 9.44 Å². The highest BCUT2D eigenvalue weighted by Crippen LogP contribution is 2.33. The maximum atomic E-state index is 12.6. The molecule has 31 heavy (non-hydrogen) atoms. The van der Waals surface area contributed by atoms with Gasteiger partial charge in [-0.3, -0.25) is 9.44 Å². The van der Waals surface area contributed by atoms with Gasteiger partial charge in [-0.15, -0.1) is 0 Å². The number of benzene rings is 3. The van der Waals surface area contributed by atoms with Crippen LogP contribution in [0.5, 0.6) is 0 Å². The number of nitrogens with one attached hydrogen (secondary N) is 2. The molecule has 0 fully saturated rings. The third-order valence-electron chi connectivity index (χ3n) is 3.85. The number of hydrogen-bond donors (Lipinski definition) is 2. The molecule has 3 aromatic carbocycles. The van der Waals surface area contributed by atoms with E-state index in [1.54, 1.807) is 0 Å². The fourth-order valence-corrected chi connectivity index (χ4v) is 5.81. The molecule has 0 unspecified atom stereocenters. The number of halogens is 5. The minimum atomic E-state index is -4.11. The Balaban J connectivity index is 1.82. The maximum Gasteiger partial charge on any atom is 0.263 e. The molecule has 3 aromatic rings. The Bertz CT molecular complexity index is 1360. The van der Waals surface area contributed by atoms with E-state index in [-0.39, 0.29) is 46.3 Å². The van der Waals surface area contributed by atoms with Crippen LogP contribution in [0.4, 0.5) is 11.4 Å². The van der Waals surface area contributed by atoms with E-state index < -0.39 is 20.0 Å². The van der Waals surface area contributed by atoms with E-state index in [4.69, 9.17) is 58.0 Å². The van der Waals surface area contributed by atoms with Crippen molar-refractivity contribution in [2.24, 2.45) is 0 Å². The lowest BCUT2D eigenvalue weighted by molar-refractivity contribution is 0.600. The average Bonchev–Trinajstić information content (AvgIpc) is 2.67. The van der Waals surface area contributed by atoms with Gasteiger partial charge >= 0.3 is 0 Å². The zero-order valence-electron chi connectivity index (χ0n) is 15.0. The van der Waals surface area contributed by atoms with Crippen LogP contribution in [0.25, 0.3) is 0 Å². The SMILES string of the molecule is O=S(=O)(Nc1ccc(Cl)c(Cl)c1)c1ccc(NS(=O)(=O)c2cc(Cl)c(Cl)cc2Cl)cc1. The third-order valence-corrected chi connectivity index (χ3v) is 8.56. The van der Waals surface area contributed by atoms with E-state index in [0.29, 0.717) is 0 Å². The van der Waals surface area contributed by atoms with Crippen molar-refractivity contribution in [2.45, 2.75) is 9.79 Å². The number of sulfonamides is 2. The average molecular weight is 561 g/mol. The topological polar surface area (TPSA) is 92.3 Å². The van der Waals surface area contributed by atoms with Crippen LogP contribution in [0, 0.1) is 0 Å². The molecule has 0 aromatic heterocycles. The molecule has 0 aliphatic heterocycles. The highest BCUT2D eigenvalue weighted by molar-refractivity contribution is 7.93. The van der Waals surface area contributed by atoms with Gasteiger partial charge in [-0.2, -0.15) is 0 Å². The van der Waals surface area contributed by atoms with Crippen LogP contribution in [0.2, 0.25) is 25.1 Å². The van der Waals surface area contributed by atoms with Crippen molar-refractivity contribution in [1.29, 1.82) is 0 Å². The van der Waals surface area contributed by atoms with Crippen LogP contribution in [-0.4, -0.2) is 16.8 Å². The van der Waals surface area contributed by atoms with Gasteiger partial charge in [-0.1, -0.05) is 58.0 Å². The molecule has 0 aliphatic carbocycles. The first-order valence-electron chi connectivity index (χ1n) is 8.14. The molecule has 2 N–H and O–H groups in total. The quantitative estimate of drug-likeness (QED) is 0.334. The molecule has 6 nitrogen and oxygen atoms in total. The van der Waals surface area contributed by atoms with Crippen molar-refractivity contribution >= 4 is 89.4 Å². The second-order valence-electron chi connectivity index (χ2n) is 6.06. The summed E-state index contributed by atoms with van der Waals surface area (Å²) >= 11 is 29.4. The fourth-order valence-electron chi connectivity index (χ4n) is 2.40. The van der Waals surface area contributed by atoms with Crippen molar-refractivity contribution in [3.8, 4) is 0 Å². The van der Waals surface area contributed by atoms with Gasteiger partial charge in [0.25, 0.3) is 20.0 Å². The molecule has 3 rings (SSSR count). The number of anilines is 2. The van der Waals surface area contributed by atoms with Gasteiger partial charge in [0.2, 0.25) is 0 Å². The Hall–Kier alpha value is -1.39. The second-order valence-corrected chi connectivity index (χ2v) is 11.4. The minimum Gasteiger partial charge on any atom is -0.280 e. The second kappa shape index (κ2) is 9.23. The summed E-state index contributed by atoms with van der Waals surface area (Å²) in [5.74, 6) is 0. The lowest BCUT2D eigenvalue weighted by Gasteiger charge is -2.12. The molecule has 0 atom stereocenters. The number of rotatable bonds is 6. The van der Waals surface area contributed by atoms with Gasteiger partial charge in [0.05, 0.1) is 35.7 Å². The van der Waals surface area contributed by atoms with Crippen molar-refractivity contribution in [3.05, 3.63) is 79.7 Å². The van der Waals surface area contributed by atoms with Gasteiger partial charge in [-0.05, 0) is 54.6 Å². The molecule has 0 aliphatic rings. The first-order valence-corrected chi connectivity index (χ1v) is 13.0. The monoisotopic (exact) mass is 558 g/mol. The highest BCUT2D eigenvalue weighted by atomic mass is 35.5. The van der Waals surface area contributed by atoms with E-state index in [9.17, 15) is 16.8 Å². The zero-order valence-corrected chi connectivity index (χ0v) is 20.4. The van der Waals surface area contributed by atoms with Crippen LogP contribution in [-0.2, 0) is 20.0 Å². The van der Waals surface area contributed by atoms with Crippen LogP contribution in [0.15, 0.2) is 64.4 Å². The zero-order chi connectivity index (χ0) is 23.0. The molecular formula is C18H11Cl5N2O4S2. The lowest BCUT2D eigenvalue weighted by Crippen LogP contribution is -2.15. The molecule has 0 bridgehead atoms. The molecule has 0 radical (unpaired) electrons.